The number of carboxylic acids is 1. The number of rotatable bonds is 12. The van der Waals surface area contributed by atoms with Gasteiger partial charge in [-0.3, -0.25) is 10.1 Å². The fourth-order valence-electron chi connectivity index (χ4n) is 3.34. The van der Waals surface area contributed by atoms with Crippen molar-refractivity contribution in [2.24, 2.45) is 0 Å². The molecule has 0 aliphatic carbocycles. The van der Waals surface area contributed by atoms with E-state index in [0.717, 1.165) is 12.1 Å². The monoisotopic (exact) mass is 748 g/mol. The molecule has 0 unspecified atom stereocenters. The molecular weight excluding hydrogens is 737 g/mol. The van der Waals surface area contributed by atoms with Gasteiger partial charge in [0, 0.05) is 26.7 Å². The maximum atomic E-state index is 11.4. The van der Waals surface area contributed by atoms with Crippen molar-refractivity contribution < 1.29 is 258 Å². The third kappa shape index (κ3) is 14.0. The third-order valence-electron chi connectivity index (χ3n) is 4.87. The van der Waals surface area contributed by atoms with Crippen LogP contribution in [-0.4, -0.2) is 28.9 Å². The van der Waals surface area contributed by atoms with Gasteiger partial charge in [-0.1, -0.05) is 6.07 Å². The second-order valence-corrected chi connectivity index (χ2v) is 10.2. The second kappa shape index (κ2) is 22.7. The fourth-order valence-corrected chi connectivity index (χ4v) is 5.10. The first-order valence-corrected chi connectivity index (χ1v) is 13.1. The number of anilines is 4. The molecule has 0 spiro atoms. The van der Waals surface area contributed by atoms with E-state index in [4.69, 9.17) is 0 Å². The second-order valence-electron chi connectivity index (χ2n) is 7.29. The summed E-state index contributed by atoms with van der Waals surface area (Å²) in [6, 6.07) is 11.5. The van der Waals surface area contributed by atoms with E-state index in [1.165, 1.54) is 18.5 Å². The van der Waals surface area contributed by atoms with Gasteiger partial charge in [-0.25, -0.2) is 18.4 Å². The number of carboxylic acid groups (broad SMARTS) is 1. The van der Waals surface area contributed by atoms with Crippen molar-refractivity contribution in [3.8, 4) is 0 Å². The number of aromatic nitrogens is 2. The van der Waals surface area contributed by atoms with Gasteiger partial charge in [0.1, 0.15) is 21.8 Å². The molecule has 4 rings (SSSR count). The zero-order chi connectivity index (χ0) is 28.0. The van der Waals surface area contributed by atoms with Crippen LogP contribution in [0.4, 0.5) is 23.0 Å². The summed E-state index contributed by atoms with van der Waals surface area (Å²) in [5, 5.41) is 45.4. The smallest absolute Gasteiger partial charge is 0.744 e. The van der Waals surface area contributed by atoms with Crippen LogP contribution in [0, 0.1) is 0 Å². The SMILES string of the molecule is O=C([O-])c1ccc(Nc2cnc(Nc3ccc4c(SOO[O-])cc(SOO[O-])cc4c3)cn2)cc1S(=O)(=O)[O-].[K+].[K+].[K+].[K+]. The summed E-state index contributed by atoms with van der Waals surface area (Å²) >= 11 is 1.30. The number of hydrogen-bond donors (Lipinski definition) is 2. The molecule has 0 saturated carbocycles. The van der Waals surface area contributed by atoms with Gasteiger partial charge in [0.2, 0.25) is 0 Å². The summed E-state index contributed by atoms with van der Waals surface area (Å²) in [5.74, 6) is -1.32. The summed E-state index contributed by atoms with van der Waals surface area (Å²) in [6.45, 7) is 0. The maximum Gasteiger partial charge on any atom is 1.00 e. The first kappa shape index (κ1) is 46.0. The van der Waals surface area contributed by atoms with E-state index < -0.39 is 26.5 Å². The summed E-state index contributed by atoms with van der Waals surface area (Å²) in [7, 11) is -5.08. The van der Waals surface area contributed by atoms with Crippen molar-refractivity contribution in [1.29, 1.82) is 0 Å². The van der Waals surface area contributed by atoms with E-state index in [9.17, 15) is 33.4 Å². The average Bonchev–Trinajstić information content (AvgIpc) is 2.90. The third-order valence-corrected chi connectivity index (χ3v) is 6.93. The molecule has 0 saturated heterocycles. The Balaban J connectivity index is 0.00000441. The van der Waals surface area contributed by atoms with Crippen LogP contribution < -0.4 is 232 Å². The minimum atomic E-state index is -5.08. The minimum Gasteiger partial charge on any atom is -0.744 e. The molecule has 2 N–H and O–H groups in total. The summed E-state index contributed by atoms with van der Waals surface area (Å²) in [6.07, 6.45) is 2.67. The Labute approximate surface area is 423 Å². The number of carbonyl (C=O) groups is 1. The van der Waals surface area contributed by atoms with Gasteiger partial charge in [-0.15, -0.1) is 0 Å². The molecule has 0 bridgehead atoms. The molecule has 4 aromatic rings. The van der Waals surface area contributed by atoms with Crippen LogP contribution in [0.2, 0.25) is 0 Å². The van der Waals surface area contributed by atoms with Gasteiger partial charge in [0.25, 0.3) is 0 Å². The molecule has 1 aromatic heterocycles. The number of carbonyl (C=O) groups excluding carboxylic acids is 1. The molecule has 204 valence electrons. The van der Waals surface area contributed by atoms with Gasteiger partial charge in [0.15, 0.2) is 0 Å². The standard InChI is InChI=1S/C21H16N4O11S3.4K/c26-21(27)16-4-2-13(7-18(16)39(30,31)32)25-20-10-22-19(9-23-20)24-12-1-3-15-11(5-12)6-14(37-35-33-28)8-17(15)38-36-34-29;;;;/h1-10,28-29H,(H,22,24)(H,23,25)(H,26,27)(H,30,31,32);;;;/q;4*+1/p-4. The molecule has 1 heterocycles. The van der Waals surface area contributed by atoms with E-state index in [-0.39, 0.29) is 217 Å². The molecule has 3 aromatic carbocycles. The Bertz CT molecular complexity index is 1620. The van der Waals surface area contributed by atoms with Gasteiger partial charge >= 0.3 is 206 Å². The van der Waals surface area contributed by atoms with E-state index in [1.807, 2.05) is 0 Å². The number of fused-ring (bicyclic) bond motifs is 1. The number of benzene rings is 3. The summed E-state index contributed by atoms with van der Waals surface area (Å²) in [5.41, 5.74) is -0.0923. The van der Waals surface area contributed by atoms with Crippen molar-refractivity contribution in [3.63, 3.8) is 0 Å². The zero-order valence-electron chi connectivity index (χ0n) is 22.9. The predicted octanol–water partition coefficient (Wildman–Crippen LogP) is -11.1. The molecular formula is C21H12K4N4O11S3. The molecule has 0 amide bonds. The van der Waals surface area contributed by atoms with Gasteiger partial charge < -0.3 is 35.6 Å². The van der Waals surface area contributed by atoms with E-state index >= 15 is 0 Å². The number of nitrogens with zero attached hydrogens (tertiary/aromatic N) is 2. The first-order valence-electron chi connectivity index (χ1n) is 10.2. The Hall–Kier alpha value is 2.99. The number of aromatic carboxylic acids is 1. The predicted molar refractivity (Wildman–Crippen MR) is 127 cm³/mol. The quantitative estimate of drug-likeness (QED) is 0.0450. The molecule has 22 heteroatoms. The molecule has 0 atom stereocenters. The Morgan fingerprint density at radius 2 is 1.35 bits per heavy atom. The molecule has 0 aliphatic heterocycles. The van der Waals surface area contributed by atoms with Crippen molar-refractivity contribution in [2.45, 2.75) is 14.7 Å². The van der Waals surface area contributed by atoms with Crippen LogP contribution in [0.3, 0.4) is 0 Å². The van der Waals surface area contributed by atoms with Crippen LogP contribution in [0.15, 0.2) is 75.6 Å². The Morgan fingerprint density at radius 3 is 1.88 bits per heavy atom. The van der Waals surface area contributed by atoms with Crippen LogP contribution in [0.1, 0.15) is 10.4 Å². The summed E-state index contributed by atoms with van der Waals surface area (Å²) in [4.78, 5) is 19.5. The Kier molecular flexibility index (Phi) is 24.2. The molecule has 0 aliphatic rings. The van der Waals surface area contributed by atoms with E-state index in [1.54, 1.807) is 30.3 Å². The van der Waals surface area contributed by atoms with Crippen LogP contribution in [0.25, 0.3) is 10.8 Å². The number of nitrogens with one attached hydrogen (secondary N) is 2. The average molecular weight is 749 g/mol. The molecule has 43 heavy (non-hydrogen) atoms. The van der Waals surface area contributed by atoms with Gasteiger partial charge in [-0.05, 0) is 53.2 Å². The molecule has 0 radical (unpaired) electrons. The zero-order valence-corrected chi connectivity index (χ0v) is 37.8. The van der Waals surface area contributed by atoms with Crippen LogP contribution in [-0.2, 0) is 28.9 Å². The first-order chi connectivity index (χ1) is 18.7. The van der Waals surface area contributed by atoms with Crippen molar-refractivity contribution in [2.75, 3.05) is 10.6 Å². The summed E-state index contributed by atoms with van der Waals surface area (Å²) < 4.78 is 43.1. The maximum absolute atomic E-state index is 11.4. The van der Waals surface area contributed by atoms with Crippen molar-refractivity contribution in [3.05, 3.63) is 66.5 Å². The van der Waals surface area contributed by atoms with Crippen LogP contribution in [0.5, 0.6) is 0 Å². The van der Waals surface area contributed by atoms with E-state index in [2.05, 4.69) is 39.3 Å². The van der Waals surface area contributed by atoms with Gasteiger partial charge in [-0.2, -0.15) is 8.67 Å². The number of hydrogen-bond acceptors (Lipinski definition) is 17. The largest absolute Gasteiger partial charge is 1.00 e. The van der Waals surface area contributed by atoms with E-state index in [0.29, 0.717) is 56.2 Å². The van der Waals surface area contributed by atoms with Crippen molar-refractivity contribution >= 4 is 74.0 Å². The van der Waals surface area contributed by atoms with Crippen LogP contribution >= 0.6 is 24.1 Å². The Morgan fingerprint density at radius 1 is 0.791 bits per heavy atom. The molecule has 15 nitrogen and oxygen atoms in total. The topological polar surface area (TPSA) is 230 Å². The normalized spacial score (nSPS) is 10.4. The van der Waals surface area contributed by atoms with Gasteiger partial charge in [0.05, 0.1) is 47.3 Å². The molecule has 0 fully saturated rings. The fraction of sp³-hybridized carbons (Fsp3) is 0. The minimum absolute atomic E-state index is 0. The van der Waals surface area contributed by atoms with Crippen molar-refractivity contribution in [1.82, 2.24) is 9.97 Å².